The predicted octanol–water partition coefficient (Wildman–Crippen LogP) is 6.04. The van der Waals surface area contributed by atoms with E-state index in [1.807, 2.05) is 48.5 Å². The molecule has 5 nitrogen and oxygen atoms in total. The minimum absolute atomic E-state index is 0. The summed E-state index contributed by atoms with van der Waals surface area (Å²) in [5, 5.41) is 5.95. The van der Waals surface area contributed by atoms with Crippen molar-refractivity contribution in [1.29, 1.82) is 0 Å². The Morgan fingerprint density at radius 1 is 1.26 bits per heavy atom. The lowest BCUT2D eigenvalue weighted by Gasteiger charge is -2.10. The molecule has 0 radical (unpaired) electrons. The maximum Gasteiger partial charge on any atom is 0.212 e. The first kappa shape index (κ1) is 20.8. The van der Waals surface area contributed by atoms with Gasteiger partial charge in [-0.15, -0.1) is 11.8 Å². The summed E-state index contributed by atoms with van der Waals surface area (Å²) in [6.45, 7) is 10.4. The van der Waals surface area contributed by atoms with E-state index in [0.29, 0.717) is 12.2 Å². The SMILES string of the molecule is CC.CCC.Cc1c(-c2ccc3nc(NC=O)cn3c2)ccc2c1SCN2.[HH]. The van der Waals surface area contributed by atoms with Crippen LogP contribution in [-0.2, 0) is 4.79 Å². The van der Waals surface area contributed by atoms with Gasteiger partial charge in [0, 0.05) is 18.2 Å². The van der Waals surface area contributed by atoms with Crippen molar-refractivity contribution in [3.63, 3.8) is 0 Å². The third kappa shape index (κ3) is 4.63. The Hall–Kier alpha value is -2.47. The average molecular weight is 387 g/mol. The number of nitrogens with one attached hydrogen (secondary N) is 2. The van der Waals surface area contributed by atoms with Crippen LogP contribution in [0.2, 0.25) is 0 Å². The van der Waals surface area contributed by atoms with E-state index >= 15 is 0 Å². The second-order valence-electron chi connectivity index (χ2n) is 5.86. The van der Waals surface area contributed by atoms with E-state index in [-0.39, 0.29) is 1.43 Å². The zero-order valence-corrected chi connectivity index (χ0v) is 17.5. The maximum atomic E-state index is 10.5. The molecular formula is C21H30N4OS. The smallest absolute Gasteiger partial charge is 0.212 e. The zero-order valence-electron chi connectivity index (χ0n) is 16.7. The number of imidazole rings is 1. The molecule has 0 unspecified atom stereocenters. The van der Waals surface area contributed by atoms with Crippen molar-refractivity contribution in [3.05, 3.63) is 42.2 Å². The van der Waals surface area contributed by atoms with Crippen molar-refractivity contribution in [2.75, 3.05) is 16.5 Å². The molecule has 0 bridgehead atoms. The second kappa shape index (κ2) is 10.0. The van der Waals surface area contributed by atoms with Crippen LogP contribution in [0.15, 0.2) is 41.6 Å². The molecule has 1 aromatic carbocycles. The van der Waals surface area contributed by atoms with Crippen molar-refractivity contribution < 1.29 is 6.22 Å². The molecule has 2 aromatic heterocycles. The van der Waals surface area contributed by atoms with Crippen LogP contribution in [0.5, 0.6) is 0 Å². The van der Waals surface area contributed by atoms with Crippen molar-refractivity contribution in [3.8, 4) is 11.1 Å². The van der Waals surface area contributed by atoms with Crippen LogP contribution < -0.4 is 10.6 Å². The van der Waals surface area contributed by atoms with Gasteiger partial charge in [-0.2, -0.15) is 0 Å². The standard InChI is InChI=1S/C16H14N4OS.C3H8.C2H6.H2/c1-10-12(3-4-13-16(10)22-9-18-13)11-2-5-15-19-14(17-8-21)7-20(15)6-11;1-3-2;1-2;/h2-8,18H,9H2,1H3,(H,17,21);3H2,1-2H3;1-2H3;1H. The molecule has 4 rings (SSSR count). The van der Waals surface area contributed by atoms with Gasteiger partial charge in [-0.25, -0.2) is 4.98 Å². The molecule has 27 heavy (non-hydrogen) atoms. The van der Waals surface area contributed by atoms with Crippen molar-refractivity contribution in [2.24, 2.45) is 0 Å². The largest absolute Gasteiger partial charge is 0.375 e. The Bertz CT molecular complexity index is 911. The zero-order chi connectivity index (χ0) is 19.8. The van der Waals surface area contributed by atoms with E-state index in [9.17, 15) is 4.79 Å². The summed E-state index contributed by atoms with van der Waals surface area (Å²) in [5.74, 6) is 1.48. The highest BCUT2D eigenvalue weighted by molar-refractivity contribution is 8.00. The van der Waals surface area contributed by atoms with Crippen LogP contribution in [0.25, 0.3) is 16.8 Å². The first-order valence-electron chi connectivity index (χ1n) is 9.37. The van der Waals surface area contributed by atoms with Gasteiger partial charge >= 0.3 is 0 Å². The summed E-state index contributed by atoms with van der Waals surface area (Å²) in [7, 11) is 0. The average Bonchev–Trinajstić information content (AvgIpc) is 3.31. The van der Waals surface area contributed by atoms with Gasteiger partial charge in [0.05, 0.1) is 12.1 Å². The molecule has 0 saturated heterocycles. The van der Waals surface area contributed by atoms with Crippen molar-refractivity contribution in [2.45, 2.75) is 45.9 Å². The molecule has 3 heterocycles. The third-order valence-corrected chi connectivity index (χ3v) is 4.96. The van der Waals surface area contributed by atoms with Gasteiger partial charge in [0.25, 0.3) is 0 Å². The quantitative estimate of drug-likeness (QED) is 0.539. The summed E-state index contributed by atoms with van der Waals surface area (Å²) < 4.78 is 1.93. The molecule has 2 N–H and O–H groups in total. The van der Waals surface area contributed by atoms with Crippen LogP contribution >= 0.6 is 11.8 Å². The summed E-state index contributed by atoms with van der Waals surface area (Å²) in [4.78, 5) is 16.2. The second-order valence-corrected chi connectivity index (χ2v) is 6.84. The minimum atomic E-state index is 0. The van der Waals surface area contributed by atoms with Gasteiger partial charge in [-0.3, -0.25) is 4.79 Å². The lowest BCUT2D eigenvalue weighted by Crippen LogP contribution is -1.92. The summed E-state index contributed by atoms with van der Waals surface area (Å²) in [6.07, 6.45) is 5.74. The monoisotopic (exact) mass is 386 g/mol. The van der Waals surface area contributed by atoms with E-state index in [1.54, 1.807) is 0 Å². The van der Waals surface area contributed by atoms with E-state index in [0.717, 1.165) is 17.1 Å². The van der Waals surface area contributed by atoms with Crippen LogP contribution in [0.4, 0.5) is 11.5 Å². The summed E-state index contributed by atoms with van der Waals surface area (Å²) in [5.41, 5.74) is 5.67. The normalized spacial score (nSPS) is 11.4. The van der Waals surface area contributed by atoms with Gasteiger partial charge in [0.1, 0.15) is 5.65 Å². The molecule has 0 atom stereocenters. The Morgan fingerprint density at radius 2 is 2.00 bits per heavy atom. The number of carbonyl (C=O) groups excluding carboxylic acids is 1. The van der Waals surface area contributed by atoms with Gasteiger partial charge in [-0.1, -0.05) is 40.2 Å². The van der Waals surface area contributed by atoms with E-state index < -0.39 is 0 Å². The third-order valence-electron chi connectivity index (χ3n) is 3.85. The maximum absolute atomic E-state index is 10.5. The highest BCUT2D eigenvalue weighted by Gasteiger charge is 2.16. The molecule has 1 aliphatic heterocycles. The molecule has 3 aromatic rings. The Kier molecular flexibility index (Phi) is 7.73. The van der Waals surface area contributed by atoms with Crippen LogP contribution in [0.1, 0.15) is 41.1 Å². The van der Waals surface area contributed by atoms with Crippen molar-refractivity contribution >= 4 is 35.3 Å². The first-order chi connectivity index (χ1) is 13.2. The van der Waals surface area contributed by atoms with Gasteiger partial charge < -0.3 is 15.0 Å². The molecule has 0 spiro atoms. The predicted molar refractivity (Wildman–Crippen MR) is 119 cm³/mol. The van der Waals surface area contributed by atoms with E-state index in [2.05, 4.69) is 54.6 Å². The van der Waals surface area contributed by atoms with E-state index in [4.69, 9.17) is 0 Å². The fraction of sp³-hybridized carbons (Fsp3) is 0.333. The molecule has 0 fully saturated rings. The lowest BCUT2D eigenvalue weighted by atomic mass is 10.0. The Balaban J connectivity index is 0.000000600. The minimum Gasteiger partial charge on any atom is -0.375 e. The lowest BCUT2D eigenvalue weighted by molar-refractivity contribution is -0.105. The number of amides is 1. The fourth-order valence-corrected chi connectivity index (χ4v) is 3.79. The Morgan fingerprint density at radius 3 is 2.70 bits per heavy atom. The van der Waals surface area contributed by atoms with Crippen molar-refractivity contribution in [1.82, 2.24) is 9.38 Å². The highest BCUT2D eigenvalue weighted by Crippen LogP contribution is 2.40. The summed E-state index contributed by atoms with van der Waals surface area (Å²) >= 11 is 1.84. The number of rotatable bonds is 3. The van der Waals surface area contributed by atoms with Gasteiger partial charge in [-0.05, 0) is 41.8 Å². The van der Waals surface area contributed by atoms with Crippen LogP contribution in [-0.4, -0.2) is 21.7 Å². The highest BCUT2D eigenvalue weighted by atomic mass is 32.2. The molecule has 6 heteroatoms. The number of pyridine rings is 1. The summed E-state index contributed by atoms with van der Waals surface area (Å²) in [6, 6.07) is 8.31. The number of benzene rings is 1. The van der Waals surface area contributed by atoms with Crippen LogP contribution in [0.3, 0.4) is 0 Å². The number of carbonyl (C=O) groups is 1. The fourth-order valence-electron chi connectivity index (χ4n) is 2.80. The number of nitrogens with zero attached hydrogens (tertiary/aromatic N) is 2. The Labute approximate surface area is 167 Å². The molecule has 146 valence electrons. The number of fused-ring (bicyclic) bond motifs is 2. The number of thioether (sulfide) groups is 1. The first-order valence-corrected chi connectivity index (χ1v) is 10.4. The number of hydrogen-bond acceptors (Lipinski definition) is 4. The van der Waals surface area contributed by atoms with E-state index in [1.165, 1.54) is 28.1 Å². The van der Waals surface area contributed by atoms with Gasteiger partial charge in [0.15, 0.2) is 5.82 Å². The molecule has 1 aliphatic rings. The number of aromatic nitrogens is 2. The molecule has 1 amide bonds. The topological polar surface area (TPSA) is 58.4 Å². The number of hydrogen-bond donors (Lipinski definition) is 2. The molecule has 0 saturated carbocycles. The van der Waals surface area contributed by atoms with Gasteiger partial charge in [0.2, 0.25) is 6.41 Å². The number of anilines is 2. The molecule has 0 aliphatic carbocycles. The molecular weight excluding hydrogens is 356 g/mol. The van der Waals surface area contributed by atoms with Crippen LogP contribution in [0, 0.1) is 6.92 Å².